The molecule has 0 spiro atoms. The van der Waals surface area contributed by atoms with Gasteiger partial charge in [-0.15, -0.1) is 5.73 Å². The number of hydrogen-bond acceptors (Lipinski definition) is 1. The minimum Gasteiger partial charge on any atom is -0.478 e. The first-order chi connectivity index (χ1) is 6.79. The van der Waals surface area contributed by atoms with Gasteiger partial charge in [0.25, 0.3) is 0 Å². The molecule has 0 saturated heterocycles. The second-order valence-corrected chi connectivity index (χ2v) is 2.20. The van der Waals surface area contributed by atoms with Crippen LogP contribution in [0.25, 0.3) is 6.08 Å². The highest BCUT2D eigenvalue weighted by molar-refractivity contribution is 5.80. The highest BCUT2D eigenvalue weighted by atomic mass is 16.4. The van der Waals surface area contributed by atoms with Crippen LogP contribution in [-0.4, -0.2) is 11.1 Å². The highest BCUT2D eigenvalue weighted by Crippen LogP contribution is 1.98. The zero-order valence-corrected chi connectivity index (χ0v) is 8.40. The van der Waals surface area contributed by atoms with E-state index >= 15 is 0 Å². The Morgan fingerprint density at radius 2 is 1.86 bits per heavy atom. The van der Waals surface area contributed by atoms with Crippen LogP contribution in [0, 0.1) is 0 Å². The van der Waals surface area contributed by atoms with Gasteiger partial charge < -0.3 is 5.11 Å². The molecule has 14 heavy (non-hydrogen) atoms. The quantitative estimate of drug-likeness (QED) is 0.575. The SMILES string of the molecule is CC.O=C(O)C=C=Cc1ccccc1. The van der Waals surface area contributed by atoms with Crippen molar-refractivity contribution in [3.8, 4) is 0 Å². The van der Waals surface area contributed by atoms with Gasteiger partial charge in [0.1, 0.15) is 0 Å². The number of hydrogen-bond donors (Lipinski definition) is 1. The summed E-state index contributed by atoms with van der Waals surface area (Å²) in [4.78, 5) is 10.1. The second-order valence-electron chi connectivity index (χ2n) is 2.20. The number of carboxylic acid groups (broad SMARTS) is 1. The lowest BCUT2D eigenvalue weighted by molar-refractivity contribution is -0.131. The largest absolute Gasteiger partial charge is 0.478 e. The summed E-state index contributed by atoms with van der Waals surface area (Å²) >= 11 is 0. The molecule has 1 N–H and O–H groups in total. The van der Waals surface area contributed by atoms with Crippen LogP contribution in [0.15, 0.2) is 42.1 Å². The van der Waals surface area contributed by atoms with Gasteiger partial charge in [0.05, 0.1) is 6.08 Å². The highest BCUT2D eigenvalue weighted by Gasteiger charge is 1.82. The van der Waals surface area contributed by atoms with Crippen LogP contribution < -0.4 is 0 Å². The fraction of sp³-hybridized carbons (Fsp3) is 0.167. The maximum Gasteiger partial charge on any atom is 0.336 e. The molecule has 0 bridgehead atoms. The van der Waals surface area contributed by atoms with Gasteiger partial charge in [-0.25, -0.2) is 4.79 Å². The standard InChI is InChI=1S/C10H8O2.C2H6/c11-10(12)8-4-7-9-5-2-1-3-6-9;1-2/h1-3,5-8H,(H,11,12);1-2H3. The Morgan fingerprint density at radius 3 is 2.36 bits per heavy atom. The molecule has 74 valence electrons. The first kappa shape index (κ1) is 12.2. The van der Waals surface area contributed by atoms with Crippen molar-refractivity contribution >= 4 is 12.0 Å². The maximum atomic E-state index is 10.1. The Kier molecular flexibility index (Phi) is 6.84. The first-order valence-electron chi connectivity index (χ1n) is 4.49. The van der Waals surface area contributed by atoms with Crippen molar-refractivity contribution in [3.63, 3.8) is 0 Å². The van der Waals surface area contributed by atoms with E-state index in [0.717, 1.165) is 11.6 Å². The Bertz CT molecular complexity index is 319. The molecule has 2 heteroatoms. The lowest BCUT2D eigenvalue weighted by atomic mass is 10.2. The maximum absolute atomic E-state index is 10.1. The molecule has 0 aliphatic carbocycles. The van der Waals surface area contributed by atoms with E-state index in [1.54, 1.807) is 6.08 Å². The second kappa shape index (κ2) is 7.84. The topological polar surface area (TPSA) is 37.3 Å². The molecule has 0 unspecified atom stereocenters. The van der Waals surface area contributed by atoms with Gasteiger partial charge in [-0.2, -0.15) is 0 Å². The number of rotatable bonds is 2. The molecular weight excluding hydrogens is 176 g/mol. The molecule has 0 radical (unpaired) electrons. The van der Waals surface area contributed by atoms with E-state index in [4.69, 9.17) is 5.11 Å². The summed E-state index contributed by atoms with van der Waals surface area (Å²) in [7, 11) is 0. The van der Waals surface area contributed by atoms with E-state index in [2.05, 4.69) is 5.73 Å². The van der Waals surface area contributed by atoms with Crippen molar-refractivity contribution in [1.82, 2.24) is 0 Å². The summed E-state index contributed by atoms with van der Waals surface area (Å²) in [5.41, 5.74) is 3.49. The molecule has 0 heterocycles. The van der Waals surface area contributed by atoms with Crippen LogP contribution in [0.5, 0.6) is 0 Å². The normalized spacial score (nSPS) is 7.57. The number of benzene rings is 1. The summed E-state index contributed by atoms with van der Waals surface area (Å²) in [5.74, 6) is -0.984. The molecule has 0 saturated carbocycles. The smallest absolute Gasteiger partial charge is 0.336 e. The molecule has 0 fully saturated rings. The van der Waals surface area contributed by atoms with Crippen molar-refractivity contribution in [2.24, 2.45) is 0 Å². The molecule has 0 atom stereocenters. The molecule has 0 aromatic heterocycles. The lowest BCUT2D eigenvalue weighted by Gasteiger charge is -1.85. The van der Waals surface area contributed by atoms with Gasteiger partial charge in [0.2, 0.25) is 0 Å². The van der Waals surface area contributed by atoms with Gasteiger partial charge in [-0.1, -0.05) is 44.2 Å². The van der Waals surface area contributed by atoms with Gasteiger partial charge in [0, 0.05) is 0 Å². The summed E-state index contributed by atoms with van der Waals surface area (Å²) in [5, 5.41) is 8.25. The number of aliphatic carboxylic acids is 1. The van der Waals surface area contributed by atoms with Gasteiger partial charge in [0.15, 0.2) is 0 Å². The van der Waals surface area contributed by atoms with E-state index in [1.807, 2.05) is 44.2 Å². The Hall–Kier alpha value is -1.79. The summed E-state index contributed by atoms with van der Waals surface area (Å²) in [6.45, 7) is 4.00. The molecule has 0 aliphatic rings. The molecule has 0 aliphatic heterocycles. The monoisotopic (exact) mass is 190 g/mol. The minimum atomic E-state index is -0.984. The summed E-state index contributed by atoms with van der Waals surface area (Å²) in [6.07, 6.45) is 2.60. The van der Waals surface area contributed by atoms with E-state index in [1.165, 1.54) is 0 Å². The Balaban J connectivity index is 0.000000791. The Morgan fingerprint density at radius 1 is 1.29 bits per heavy atom. The van der Waals surface area contributed by atoms with Crippen LogP contribution in [0.2, 0.25) is 0 Å². The van der Waals surface area contributed by atoms with Crippen molar-refractivity contribution in [1.29, 1.82) is 0 Å². The third kappa shape index (κ3) is 5.81. The molecule has 2 nitrogen and oxygen atoms in total. The average molecular weight is 190 g/mol. The molecule has 1 aromatic carbocycles. The minimum absolute atomic E-state index is 0.940. The van der Waals surface area contributed by atoms with Gasteiger partial charge in [-0.05, 0) is 11.6 Å². The van der Waals surface area contributed by atoms with E-state index in [0.29, 0.717) is 0 Å². The third-order valence-electron chi connectivity index (χ3n) is 1.26. The average Bonchev–Trinajstić information content (AvgIpc) is 2.22. The summed E-state index contributed by atoms with van der Waals surface area (Å²) in [6, 6.07) is 9.42. The first-order valence-corrected chi connectivity index (χ1v) is 4.49. The fourth-order valence-electron chi connectivity index (χ4n) is 0.758. The van der Waals surface area contributed by atoms with E-state index < -0.39 is 5.97 Å². The predicted octanol–water partition coefficient (Wildman–Crippen LogP) is 2.97. The van der Waals surface area contributed by atoms with Crippen molar-refractivity contribution in [2.45, 2.75) is 13.8 Å². The predicted molar refractivity (Wildman–Crippen MR) is 58.0 cm³/mol. The van der Waals surface area contributed by atoms with Crippen molar-refractivity contribution in [2.75, 3.05) is 0 Å². The van der Waals surface area contributed by atoms with E-state index in [9.17, 15) is 4.79 Å². The lowest BCUT2D eigenvalue weighted by Crippen LogP contribution is -1.83. The van der Waals surface area contributed by atoms with E-state index in [-0.39, 0.29) is 0 Å². The van der Waals surface area contributed by atoms with Crippen LogP contribution in [0.1, 0.15) is 19.4 Å². The molecule has 0 amide bonds. The van der Waals surface area contributed by atoms with Crippen LogP contribution in [0.4, 0.5) is 0 Å². The fourth-order valence-corrected chi connectivity index (χ4v) is 0.758. The zero-order valence-electron chi connectivity index (χ0n) is 8.40. The van der Waals surface area contributed by atoms with Gasteiger partial charge >= 0.3 is 5.97 Å². The Labute approximate surface area is 84.2 Å². The molecular formula is C12H14O2. The number of carboxylic acids is 1. The van der Waals surface area contributed by atoms with Crippen molar-refractivity contribution < 1.29 is 9.90 Å². The van der Waals surface area contributed by atoms with Crippen molar-refractivity contribution in [3.05, 3.63) is 47.7 Å². The molecule has 1 rings (SSSR count). The third-order valence-corrected chi connectivity index (χ3v) is 1.26. The number of carbonyl (C=O) groups is 1. The van der Waals surface area contributed by atoms with Crippen LogP contribution in [0.3, 0.4) is 0 Å². The summed E-state index contributed by atoms with van der Waals surface area (Å²) < 4.78 is 0. The molecule has 1 aromatic rings. The van der Waals surface area contributed by atoms with Gasteiger partial charge in [-0.3, -0.25) is 0 Å². The van der Waals surface area contributed by atoms with Crippen LogP contribution in [-0.2, 0) is 4.79 Å². The zero-order chi connectivity index (χ0) is 10.8. The van der Waals surface area contributed by atoms with Crippen LogP contribution >= 0.6 is 0 Å².